The first-order valence-electron chi connectivity index (χ1n) is 5.54. The summed E-state index contributed by atoms with van der Waals surface area (Å²) in [5.74, 6) is 0.0180. The standard InChI is InChI=1S/C12H16Cl2N2O/c13-10-4-2-9(11(14)8-10)3-5-12(17)16-7-1-6-15/h2,4,8H,1,3,5-7,15H2,(H,16,17). The van der Waals surface area contributed by atoms with Crippen LogP contribution in [0.1, 0.15) is 18.4 Å². The third kappa shape index (κ3) is 5.39. The molecule has 0 aromatic heterocycles. The molecule has 1 aromatic rings. The predicted octanol–water partition coefficient (Wildman–Crippen LogP) is 2.39. The second kappa shape index (κ2) is 7.54. The van der Waals surface area contributed by atoms with Crippen LogP contribution < -0.4 is 11.1 Å². The fourth-order valence-electron chi connectivity index (χ4n) is 1.39. The first-order valence-corrected chi connectivity index (χ1v) is 6.29. The van der Waals surface area contributed by atoms with Crippen LogP contribution in [0.2, 0.25) is 10.0 Å². The first-order chi connectivity index (χ1) is 8.13. The van der Waals surface area contributed by atoms with Crippen LogP contribution in [-0.4, -0.2) is 19.0 Å². The van der Waals surface area contributed by atoms with Crippen molar-refractivity contribution in [1.82, 2.24) is 5.32 Å². The maximum absolute atomic E-state index is 11.4. The number of carbonyl (C=O) groups excluding carboxylic acids is 1. The Bertz CT molecular complexity index is 383. The van der Waals surface area contributed by atoms with Crippen molar-refractivity contribution >= 4 is 29.1 Å². The Balaban J connectivity index is 2.37. The monoisotopic (exact) mass is 274 g/mol. The van der Waals surface area contributed by atoms with Gasteiger partial charge >= 0.3 is 0 Å². The topological polar surface area (TPSA) is 55.1 Å². The van der Waals surface area contributed by atoms with E-state index in [0.717, 1.165) is 12.0 Å². The molecule has 0 radical (unpaired) electrons. The van der Waals surface area contributed by atoms with E-state index >= 15 is 0 Å². The molecular formula is C12H16Cl2N2O. The van der Waals surface area contributed by atoms with E-state index in [1.54, 1.807) is 12.1 Å². The van der Waals surface area contributed by atoms with Gasteiger partial charge in [0.1, 0.15) is 0 Å². The van der Waals surface area contributed by atoms with Crippen LogP contribution in [0.25, 0.3) is 0 Å². The van der Waals surface area contributed by atoms with Crippen molar-refractivity contribution in [3.05, 3.63) is 33.8 Å². The van der Waals surface area contributed by atoms with Gasteiger partial charge in [-0.05, 0) is 37.1 Å². The average Bonchev–Trinajstić information content (AvgIpc) is 2.28. The lowest BCUT2D eigenvalue weighted by Gasteiger charge is -2.06. The summed E-state index contributed by atoms with van der Waals surface area (Å²) in [6.07, 6.45) is 1.84. The minimum absolute atomic E-state index is 0.0180. The highest BCUT2D eigenvalue weighted by Gasteiger charge is 2.05. The maximum Gasteiger partial charge on any atom is 0.220 e. The Hall–Kier alpha value is -0.770. The molecule has 0 atom stereocenters. The smallest absolute Gasteiger partial charge is 0.220 e. The molecule has 0 fully saturated rings. The number of benzene rings is 1. The minimum Gasteiger partial charge on any atom is -0.356 e. The molecule has 3 N–H and O–H groups in total. The number of hydrogen-bond donors (Lipinski definition) is 2. The Kier molecular flexibility index (Phi) is 6.34. The van der Waals surface area contributed by atoms with Gasteiger partial charge in [0.25, 0.3) is 0 Å². The maximum atomic E-state index is 11.4. The third-order valence-electron chi connectivity index (χ3n) is 2.34. The van der Waals surface area contributed by atoms with Crippen LogP contribution in [0.3, 0.4) is 0 Å². The molecule has 3 nitrogen and oxygen atoms in total. The molecule has 94 valence electrons. The van der Waals surface area contributed by atoms with E-state index < -0.39 is 0 Å². The quantitative estimate of drug-likeness (QED) is 0.783. The van der Waals surface area contributed by atoms with Crippen LogP contribution in [0.15, 0.2) is 18.2 Å². The first kappa shape index (κ1) is 14.3. The van der Waals surface area contributed by atoms with Gasteiger partial charge in [0.2, 0.25) is 5.91 Å². The van der Waals surface area contributed by atoms with Gasteiger partial charge in [0, 0.05) is 23.0 Å². The Morgan fingerprint density at radius 1 is 1.35 bits per heavy atom. The lowest BCUT2D eigenvalue weighted by molar-refractivity contribution is -0.121. The molecule has 1 aromatic carbocycles. The second-order valence-electron chi connectivity index (χ2n) is 3.73. The molecule has 0 saturated carbocycles. The molecule has 0 heterocycles. The summed E-state index contributed by atoms with van der Waals surface area (Å²) in [6.45, 7) is 1.22. The molecule has 17 heavy (non-hydrogen) atoms. The number of nitrogens with two attached hydrogens (primary N) is 1. The molecule has 1 rings (SSSR count). The summed E-state index contributed by atoms with van der Waals surface area (Å²) >= 11 is 11.8. The molecule has 5 heteroatoms. The molecule has 0 aliphatic carbocycles. The zero-order valence-electron chi connectivity index (χ0n) is 9.51. The third-order valence-corrected chi connectivity index (χ3v) is 2.93. The van der Waals surface area contributed by atoms with Gasteiger partial charge < -0.3 is 11.1 Å². The second-order valence-corrected chi connectivity index (χ2v) is 4.57. The van der Waals surface area contributed by atoms with Crippen molar-refractivity contribution in [3.63, 3.8) is 0 Å². The van der Waals surface area contributed by atoms with Crippen LogP contribution in [0.4, 0.5) is 0 Å². The highest BCUT2D eigenvalue weighted by molar-refractivity contribution is 6.35. The highest BCUT2D eigenvalue weighted by atomic mass is 35.5. The molecule has 0 aliphatic heterocycles. The van der Waals surface area contributed by atoms with Crippen LogP contribution in [0, 0.1) is 0 Å². The van der Waals surface area contributed by atoms with Crippen molar-refractivity contribution in [2.45, 2.75) is 19.3 Å². The predicted molar refractivity (Wildman–Crippen MR) is 71.5 cm³/mol. The number of rotatable bonds is 6. The van der Waals surface area contributed by atoms with Crippen molar-refractivity contribution in [3.8, 4) is 0 Å². The Morgan fingerprint density at radius 2 is 2.12 bits per heavy atom. The Morgan fingerprint density at radius 3 is 2.76 bits per heavy atom. The number of aryl methyl sites for hydroxylation is 1. The van der Waals surface area contributed by atoms with Gasteiger partial charge in [0.15, 0.2) is 0 Å². The number of nitrogens with one attached hydrogen (secondary N) is 1. The summed E-state index contributed by atoms with van der Waals surface area (Å²) in [7, 11) is 0. The molecule has 0 bridgehead atoms. The molecule has 0 spiro atoms. The summed E-state index contributed by atoms with van der Waals surface area (Å²) in [6, 6.07) is 5.30. The number of carbonyl (C=O) groups is 1. The molecule has 0 aliphatic rings. The summed E-state index contributed by atoms with van der Waals surface area (Å²) < 4.78 is 0. The van der Waals surface area contributed by atoms with Gasteiger partial charge in [0.05, 0.1) is 0 Å². The number of amides is 1. The van der Waals surface area contributed by atoms with Crippen molar-refractivity contribution < 1.29 is 4.79 Å². The summed E-state index contributed by atoms with van der Waals surface area (Å²) in [4.78, 5) is 11.4. The van der Waals surface area contributed by atoms with Gasteiger partial charge in [-0.3, -0.25) is 4.79 Å². The van der Waals surface area contributed by atoms with Gasteiger partial charge in [-0.25, -0.2) is 0 Å². The average molecular weight is 275 g/mol. The highest BCUT2D eigenvalue weighted by Crippen LogP contribution is 2.21. The van der Waals surface area contributed by atoms with Crippen LogP contribution >= 0.6 is 23.2 Å². The minimum atomic E-state index is 0.0180. The molecule has 0 unspecified atom stereocenters. The lowest BCUT2D eigenvalue weighted by Crippen LogP contribution is -2.26. The SMILES string of the molecule is NCCCNC(=O)CCc1ccc(Cl)cc1Cl. The normalized spacial score (nSPS) is 10.3. The molecule has 0 saturated heterocycles. The van der Waals surface area contributed by atoms with E-state index in [9.17, 15) is 4.79 Å². The number of halogens is 2. The fourth-order valence-corrected chi connectivity index (χ4v) is 1.89. The number of hydrogen-bond acceptors (Lipinski definition) is 2. The van der Waals surface area contributed by atoms with Gasteiger partial charge in [-0.1, -0.05) is 29.3 Å². The zero-order chi connectivity index (χ0) is 12.7. The van der Waals surface area contributed by atoms with E-state index in [1.807, 2.05) is 6.07 Å². The van der Waals surface area contributed by atoms with E-state index in [0.29, 0.717) is 36.0 Å². The van der Waals surface area contributed by atoms with E-state index in [-0.39, 0.29) is 5.91 Å². The lowest BCUT2D eigenvalue weighted by atomic mass is 10.1. The van der Waals surface area contributed by atoms with E-state index in [1.165, 1.54) is 0 Å². The van der Waals surface area contributed by atoms with Crippen LogP contribution in [-0.2, 0) is 11.2 Å². The molecular weight excluding hydrogens is 259 g/mol. The van der Waals surface area contributed by atoms with Crippen molar-refractivity contribution in [1.29, 1.82) is 0 Å². The zero-order valence-corrected chi connectivity index (χ0v) is 11.0. The van der Waals surface area contributed by atoms with Crippen molar-refractivity contribution in [2.75, 3.05) is 13.1 Å². The fraction of sp³-hybridized carbons (Fsp3) is 0.417. The van der Waals surface area contributed by atoms with E-state index in [2.05, 4.69) is 5.32 Å². The summed E-state index contributed by atoms with van der Waals surface area (Å²) in [5.41, 5.74) is 6.27. The van der Waals surface area contributed by atoms with E-state index in [4.69, 9.17) is 28.9 Å². The largest absolute Gasteiger partial charge is 0.356 e. The van der Waals surface area contributed by atoms with Gasteiger partial charge in [-0.15, -0.1) is 0 Å². The van der Waals surface area contributed by atoms with Crippen LogP contribution in [0.5, 0.6) is 0 Å². The Labute approximate surface area is 111 Å². The van der Waals surface area contributed by atoms with Gasteiger partial charge in [-0.2, -0.15) is 0 Å². The van der Waals surface area contributed by atoms with Crippen molar-refractivity contribution in [2.24, 2.45) is 5.73 Å². The molecule has 1 amide bonds. The summed E-state index contributed by atoms with van der Waals surface area (Å²) in [5, 5.41) is 4.00.